The number of nitrogens with one attached hydrogen (secondary N) is 2. The second kappa shape index (κ2) is 6.68. The summed E-state index contributed by atoms with van der Waals surface area (Å²) in [5.41, 5.74) is 2.90. The number of hydrogen-bond donors (Lipinski definition) is 2. The van der Waals surface area contributed by atoms with E-state index in [4.69, 9.17) is 0 Å². The quantitative estimate of drug-likeness (QED) is 0.584. The molecule has 4 aromatic rings. The van der Waals surface area contributed by atoms with Gasteiger partial charge in [-0.15, -0.1) is 0 Å². The molecule has 2 aromatic carbocycles. The maximum Gasteiger partial charge on any atom is 0.278 e. The predicted molar refractivity (Wildman–Crippen MR) is 101 cm³/mol. The second-order valence-corrected chi connectivity index (χ2v) is 6.44. The SMILES string of the molecule is Cc1ccc2[nH]c3c(=O)n(CC(=O)NCc4ccccc4F)cnc3c2c1. The van der Waals surface area contributed by atoms with Gasteiger partial charge < -0.3 is 10.3 Å². The molecular formula is C20H17FN4O2. The average Bonchev–Trinajstić information content (AvgIpc) is 3.02. The molecule has 2 heterocycles. The van der Waals surface area contributed by atoms with Crippen LogP contribution in [-0.4, -0.2) is 20.4 Å². The van der Waals surface area contributed by atoms with Crippen molar-refractivity contribution in [3.05, 3.63) is 76.1 Å². The Morgan fingerprint density at radius 3 is 2.89 bits per heavy atom. The molecule has 0 aliphatic carbocycles. The lowest BCUT2D eigenvalue weighted by molar-refractivity contribution is -0.121. The zero-order valence-electron chi connectivity index (χ0n) is 14.6. The first-order valence-corrected chi connectivity index (χ1v) is 8.50. The zero-order chi connectivity index (χ0) is 19.0. The van der Waals surface area contributed by atoms with Crippen LogP contribution in [0, 0.1) is 12.7 Å². The standard InChI is InChI=1S/C20H17FN4O2/c1-12-6-7-16-14(8-12)18-19(24-16)20(27)25(11-23-18)10-17(26)22-9-13-4-2-3-5-15(13)21/h2-8,11,24H,9-10H2,1H3,(H,22,26). The van der Waals surface area contributed by atoms with Crippen LogP contribution in [0.2, 0.25) is 0 Å². The van der Waals surface area contributed by atoms with Gasteiger partial charge in [0, 0.05) is 23.0 Å². The lowest BCUT2D eigenvalue weighted by Crippen LogP contribution is -2.32. The minimum absolute atomic E-state index is 0.0571. The van der Waals surface area contributed by atoms with E-state index in [1.807, 2.05) is 25.1 Å². The lowest BCUT2D eigenvalue weighted by atomic mass is 10.2. The van der Waals surface area contributed by atoms with E-state index >= 15 is 0 Å². The van der Waals surface area contributed by atoms with E-state index in [2.05, 4.69) is 15.3 Å². The molecule has 4 rings (SSSR count). The van der Waals surface area contributed by atoms with E-state index < -0.39 is 5.91 Å². The number of rotatable bonds is 4. The van der Waals surface area contributed by atoms with Crippen molar-refractivity contribution in [2.75, 3.05) is 0 Å². The summed E-state index contributed by atoms with van der Waals surface area (Å²) in [6.45, 7) is 1.84. The number of aryl methyl sites for hydroxylation is 1. The molecule has 2 aromatic heterocycles. The first-order valence-electron chi connectivity index (χ1n) is 8.50. The van der Waals surface area contributed by atoms with Gasteiger partial charge >= 0.3 is 0 Å². The van der Waals surface area contributed by atoms with Crippen LogP contribution in [0.3, 0.4) is 0 Å². The van der Waals surface area contributed by atoms with Gasteiger partial charge in [-0.1, -0.05) is 29.8 Å². The third-order valence-electron chi connectivity index (χ3n) is 4.48. The molecule has 0 saturated heterocycles. The fourth-order valence-electron chi connectivity index (χ4n) is 3.06. The number of amides is 1. The van der Waals surface area contributed by atoms with Crippen LogP contribution in [0.4, 0.5) is 4.39 Å². The van der Waals surface area contributed by atoms with Crippen LogP contribution in [0.25, 0.3) is 21.9 Å². The third-order valence-corrected chi connectivity index (χ3v) is 4.48. The minimum Gasteiger partial charge on any atom is -0.350 e. The van der Waals surface area contributed by atoms with Crippen molar-refractivity contribution in [3.8, 4) is 0 Å². The number of fused-ring (bicyclic) bond motifs is 3. The number of carbonyl (C=O) groups excluding carboxylic acids is 1. The Kier molecular flexibility index (Phi) is 4.19. The number of aromatic amines is 1. The van der Waals surface area contributed by atoms with Gasteiger partial charge in [-0.25, -0.2) is 9.37 Å². The molecule has 0 bridgehead atoms. The van der Waals surface area contributed by atoms with Gasteiger partial charge in [-0.2, -0.15) is 0 Å². The van der Waals surface area contributed by atoms with Gasteiger partial charge in [-0.05, 0) is 25.1 Å². The van der Waals surface area contributed by atoms with E-state index in [9.17, 15) is 14.0 Å². The van der Waals surface area contributed by atoms with Crippen molar-refractivity contribution < 1.29 is 9.18 Å². The first kappa shape index (κ1) is 17.0. The Morgan fingerprint density at radius 2 is 2.07 bits per heavy atom. The van der Waals surface area contributed by atoms with Crippen molar-refractivity contribution in [1.82, 2.24) is 19.9 Å². The summed E-state index contributed by atoms with van der Waals surface area (Å²) in [7, 11) is 0. The lowest BCUT2D eigenvalue weighted by Gasteiger charge is -2.08. The van der Waals surface area contributed by atoms with Crippen LogP contribution in [0.5, 0.6) is 0 Å². The molecule has 136 valence electrons. The van der Waals surface area contributed by atoms with E-state index in [0.717, 1.165) is 16.5 Å². The molecule has 6 nitrogen and oxygen atoms in total. The molecule has 27 heavy (non-hydrogen) atoms. The highest BCUT2D eigenvalue weighted by atomic mass is 19.1. The normalized spacial score (nSPS) is 11.2. The molecule has 0 saturated carbocycles. The molecule has 0 radical (unpaired) electrons. The minimum atomic E-state index is -0.395. The number of carbonyl (C=O) groups is 1. The highest BCUT2D eigenvalue weighted by molar-refractivity contribution is 6.04. The van der Waals surface area contributed by atoms with Crippen molar-refractivity contribution in [3.63, 3.8) is 0 Å². The summed E-state index contributed by atoms with van der Waals surface area (Å²) in [5, 5.41) is 3.49. The van der Waals surface area contributed by atoms with Gasteiger partial charge in [0.2, 0.25) is 5.91 Å². The average molecular weight is 364 g/mol. The largest absolute Gasteiger partial charge is 0.350 e. The van der Waals surface area contributed by atoms with Crippen LogP contribution in [0.1, 0.15) is 11.1 Å². The van der Waals surface area contributed by atoms with Gasteiger partial charge in [0.25, 0.3) is 5.56 Å². The molecule has 0 atom stereocenters. The third kappa shape index (κ3) is 3.19. The molecular weight excluding hydrogens is 347 g/mol. The smallest absolute Gasteiger partial charge is 0.278 e. The number of hydrogen-bond acceptors (Lipinski definition) is 3. The van der Waals surface area contributed by atoms with E-state index in [0.29, 0.717) is 16.6 Å². The van der Waals surface area contributed by atoms with E-state index in [-0.39, 0.29) is 24.5 Å². The summed E-state index contributed by atoms with van der Waals surface area (Å²) < 4.78 is 14.9. The fourth-order valence-corrected chi connectivity index (χ4v) is 3.06. The number of halogens is 1. The van der Waals surface area contributed by atoms with E-state index in [1.165, 1.54) is 17.0 Å². The number of H-pyrrole nitrogens is 1. The van der Waals surface area contributed by atoms with Crippen molar-refractivity contribution in [2.24, 2.45) is 0 Å². The maximum atomic E-state index is 13.6. The van der Waals surface area contributed by atoms with E-state index in [1.54, 1.807) is 18.2 Å². The highest BCUT2D eigenvalue weighted by Crippen LogP contribution is 2.22. The number of aromatic nitrogens is 3. The molecule has 1 amide bonds. The summed E-state index contributed by atoms with van der Waals surface area (Å²) in [6.07, 6.45) is 1.36. The van der Waals surface area contributed by atoms with Gasteiger partial charge in [-0.3, -0.25) is 14.2 Å². The first-order chi connectivity index (χ1) is 13.0. The number of nitrogens with zero attached hydrogens (tertiary/aromatic N) is 2. The molecule has 0 unspecified atom stereocenters. The monoisotopic (exact) mass is 364 g/mol. The molecule has 7 heteroatoms. The van der Waals surface area contributed by atoms with Crippen LogP contribution < -0.4 is 10.9 Å². The molecule has 0 aliphatic heterocycles. The van der Waals surface area contributed by atoms with Crippen LogP contribution in [0.15, 0.2) is 53.6 Å². The fraction of sp³-hybridized carbons (Fsp3) is 0.150. The Morgan fingerprint density at radius 1 is 1.26 bits per heavy atom. The Bertz CT molecular complexity index is 1230. The number of benzene rings is 2. The van der Waals surface area contributed by atoms with Gasteiger partial charge in [0.15, 0.2) is 0 Å². The summed E-state index contributed by atoms with van der Waals surface area (Å²) in [6, 6.07) is 12.0. The molecule has 0 aliphatic rings. The Labute approximate surface area is 153 Å². The maximum absolute atomic E-state index is 13.6. The Balaban J connectivity index is 1.58. The van der Waals surface area contributed by atoms with Crippen LogP contribution >= 0.6 is 0 Å². The highest BCUT2D eigenvalue weighted by Gasteiger charge is 2.13. The zero-order valence-corrected chi connectivity index (χ0v) is 14.6. The molecule has 0 spiro atoms. The van der Waals surface area contributed by atoms with Gasteiger partial charge in [0.05, 0.1) is 6.33 Å². The predicted octanol–water partition coefficient (Wildman–Crippen LogP) is 2.64. The van der Waals surface area contributed by atoms with Crippen molar-refractivity contribution >= 4 is 27.8 Å². The molecule has 0 fully saturated rings. The van der Waals surface area contributed by atoms with Gasteiger partial charge in [0.1, 0.15) is 23.4 Å². The summed E-state index contributed by atoms with van der Waals surface area (Å²) in [5.74, 6) is -0.778. The van der Waals surface area contributed by atoms with Crippen LogP contribution in [-0.2, 0) is 17.9 Å². The summed E-state index contributed by atoms with van der Waals surface area (Å²) in [4.78, 5) is 32.3. The molecule has 2 N–H and O–H groups in total. The van der Waals surface area contributed by atoms with Crippen molar-refractivity contribution in [1.29, 1.82) is 0 Å². The summed E-state index contributed by atoms with van der Waals surface area (Å²) >= 11 is 0. The topological polar surface area (TPSA) is 79.8 Å². The Hall–Kier alpha value is -3.48. The second-order valence-electron chi connectivity index (χ2n) is 6.44. The van der Waals surface area contributed by atoms with Crippen molar-refractivity contribution in [2.45, 2.75) is 20.0 Å².